The highest BCUT2D eigenvalue weighted by Gasteiger charge is 2.06. The van der Waals surface area contributed by atoms with Gasteiger partial charge in [-0.15, -0.1) is 0 Å². The quantitative estimate of drug-likeness (QED) is 0.211. The van der Waals surface area contributed by atoms with Gasteiger partial charge in [0.15, 0.2) is 0 Å². The van der Waals surface area contributed by atoms with Crippen molar-refractivity contribution in [3.05, 3.63) is 29.8 Å². The van der Waals surface area contributed by atoms with E-state index in [9.17, 15) is 4.79 Å². The Morgan fingerprint density at radius 1 is 0.839 bits per heavy atom. The molecule has 1 N–H and O–H groups in total. The van der Waals surface area contributed by atoms with E-state index in [-0.39, 0.29) is 5.91 Å². The fourth-order valence-electron chi connectivity index (χ4n) is 3.76. The Kier molecular flexibility index (Phi) is 17.0. The van der Waals surface area contributed by atoms with E-state index >= 15 is 0 Å². The van der Waals surface area contributed by atoms with Crippen molar-refractivity contribution in [1.82, 2.24) is 5.32 Å². The minimum atomic E-state index is 0.00371. The first-order valence-corrected chi connectivity index (χ1v) is 13.1. The van der Waals surface area contributed by atoms with E-state index in [0.29, 0.717) is 18.1 Å². The summed E-state index contributed by atoms with van der Waals surface area (Å²) in [4.78, 5) is 12.3. The van der Waals surface area contributed by atoms with Crippen LogP contribution >= 0.6 is 0 Å². The van der Waals surface area contributed by atoms with E-state index < -0.39 is 0 Å². The van der Waals surface area contributed by atoms with Crippen LogP contribution in [0.2, 0.25) is 0 Å². The van der Waals surface area contributed by atoms with Crippen LogP contribution in [0, 0.1) is 5.92 Å². The molecule has 0 saturated heterocycles. The fraction of sp³-hybridized carbons (Fsp3) is 0.750. The van der Waals surface area contributed by atoms with Gasteiger partial charge >= 0.3 is 0 Å². The second-order valence-corrected chi connectivity index (χ2v) is 9.41. The van der Waals surface area contributed by atoms with E-state index in [1.54, 1.807) is 0 Å². The van der Waals surface area contributed by atoms with Crippen LogP contribution in [0.25, 0.3) is 0 Å². The molecule has 0 radical (unpaired) electrons. The lowest BCUT2D eigenvalue weighted by Crippen LogP contribution is -2.24. The van der Waals surface area contributed by atoms with Crippen molar-refractivity contribution >= 4 is 5.91 Å². The van der Waals surface area contributed by atoms with Crippen molar-refractivity contribution in [3.63, 3.8) is 0 Å². The summed E-state index contributed by atoms with van der Waals surface area (Å²) in [7, 11) is 0. The first kappa shape index (κ1) is 27.5. The predicted molar refractivity (Wildman–Crippen MR) is 134 cm³/mol. The molecule has 1 rings (SSSR count). The normalized spacial score (nSPS) is 11.1. The summed E-state index contributed by atoms with van der Waals surface area (Å²) in [6, 6.07) is 7.52. The van der Waals surface area contributed by atoms with Crippen LogP contribution in [-0.2, 0) is 0 Å². The lowest BCUT2D eigenvalue weighted by Gasteiger charge is -2.10. The average Bonchev–Trinajstić information content (AvgIpc) is 2.76. The van der Waals surface area contributed by atoms with Crippen LogP contribution in [-0.4, -0.2) is 19.1 Å². The van der Waals surface area contributed by atoms with Gasteiger partial charge in [0.25, 0.3) is 5.91 Å². The molecule has 0 atom stereocenters. The van der Waals surface area contributed by atoms with Gasteiger partial charge in [0.1, 0.15) is 5.75 Å². The smallest absolute Gasteiger partial charge is 0.251 e. The third kappa shape index (κ3) is 15.9. The lowest BCUT2D eigenvalue weighted by atomic mass is 10.0. The molecule has 0 unspecified atom stereocenters. The van der Waals surface area contributed by atoms with Gasteiger partial charge < -0.3 is 10.1 Å². The van der Waals surface area contributed by atoms with Crippen LogP contribution in [0.5, 0.6) is 5.75 Å². The third-order valence-electron chi connectivity index (χ3n) is 5.88. The van der Waals surface area contributed by atoms with Crippen LogP contribution in [0.1, 0.15) is 127 Å². The number of hydrogen-bond donors (Lipinski definition) is 1. The molecule has 0 aliphatic heterocycles. The van der Waals surface area contributed by atoms with Crippen molar-refractivity contribution < 1.29 is 9.53 Å². The highest BCUT2D eigenvalue weighted by molar-refractivity contribution is 5.94. The number of amides is 1. The number of carbonyl (C=O) groups is 1. The molecule has 31 heavy (non-hydrogen) atoms. The van der Waals surface area contributed by atoms with Gasteiger partial charge in [-0.1, -0.05) is 110 Å². The summed E-state index contributed by atoms with van der Waals surface area (Å²) in [5.74, 6) is 1.41. The van der Waals surface area contributed by atoms with Crippen molar-refractivity contribution in [2.24, 2.45) is 5.92 Å². The van der Waals surface area contributed by atoms with Crippen molar-refractivity contribution in [3.8, 4) is 5.75 Å². The molecule has 178 valence electrons. The van der Waals surface area contributed by atoms with Crippen LogP contribution < -0.4 is 10.1 Å². The molecular weight excluding hydrogens is 382 g/mol. The Labute approximate surface area is 192 Å². The highest BCUT2D eigenvalue weighted by Crippen LogP contribution is 2.15. The Morgan fingerprint density at radius 3 is 1.94 bits per heavy atom. The monoisotopic (exact) mass is 431 g/mol. The number of carbonyl (C=O) groups excluding carboxylic acids is 1. The maximum absolute atomic E-state index is 12.3. The molecule has 0 aliphatic rings. The van der Waals surface area contributed by atoms with Crippen molar-refractivity contribution in [2.45, 2.75) is 117 Å². The van der Waals surface area contributed by atoms with Gasteiger partial charge in [-0.25, -0.2) is 0 Å². The van der Waals surface area contributed by atoms with E-state index in [1.165, 1.54) is 83.5 Å². The van der Waals surface area contributed by atoms with Gasteiger partial charge in [0.05, 0.1) is 6.61 Å². The minimum Gasteiger partial charge on any atom is -0.494 e. The second kappa shape index (κ2) is 19.2. The SMILES string of the molecule is CCCCCCCCCCCCCCCCNC(=O)c1cccc(OCCC(C)C)c1. The lowest BCUT2D eigenvalue weighted by molar-refractivity contribution is 0.0952. The summed E-state index contributed by atoms with van der Waals surface area (Å²) in [5, 5.41) is 3.05. The van der Waals surface area contributed by atoms with E-state index in [2.05, 4.69) is 26.1 Å². The molecule has 3 nitrogen and oxygen atoms in total. The molecule has 1 aromatic carbocycles. The minimum absolute atomic E-state index is 0.00371. The Hall–Kier alpha value is -1.51. The maximum atomic E-state index is 12.3. The molecule has 0 heterocycles. The summed E-state index contributed by atoms with van der Waals surface area (Å²) in [6.07, 6.45) is 20.0. The zero-order valence-corrected chi connectivity index (χ0v) is 20.7. The number of nitrogens with one attached hydrogen (secondary N) is 1. The molecule has 0 fully saturated rings. The van der Waals surface area contributed by atoms with Crippen LogP contribution in [0.3, 0.4) is 0 Å². The first-order chi connectivity index (χ1) is 15.1. The standard InChI is InChI=1S/C28H49NO2/c1-4-5-6-7-8-9-10-11-12-13-14-15-16-17-22-29-28(30)26-19-18-20-27(24-26)31-23-21-25(2)3/h18-20,24-25H,4-17,21-23H2,1-3H3,(H,29,30). The maximum Gasteiger partial charge on any atom is 0.251 e. The Bertz CT molecular complexity index is 556. The van der Waals surface area contributed by atoms with Crippen molar-refractivity contribution in [2.75, 3.05) is 13.2 Å². The van der Waals surface area contributed by atoms with Gasteiger partial charge in [-0.05, 0) is 37.0 Å². The second-order valence-electron chi connectivity index (χ2n) is 9.41. The van der Waals surface area contributed by atoms with Gasteiger partial charge in [0, 0.05) is 12.1 Å². The number of ether oxygens (including phenoxy) is 1. The number of unbranched alkanes of at least 4 members (excludes halogenated alkanes) is 13. The van der Waals surface area contributed by atoms with Crippen molar-refractivity contribution in [1.29, 1.82) is 0 Å². The zero-order valence-electron chi connectivity index (χ0n) is 20.7. The molecular formula is C28H49NO2. The number of hydrogen-bond acceptors (Lipinski definition) is 2. The van der Waals surface area contributed by atoms with E-state index in [1.807, 2.05) is 24.3 Å². The molecule has 0 bridgehead atoms. The molecule has 0 saturated carbocycles. The van der Waals surface area contributed by atoms with Crippen LogP contribution in [0.4, 0.5) is 0 Å². The van der Waals surface area contributed by atoms with Crippen LogP contribution in [0.15, 0.2) is 24.3 Å². The number of rotatable bonds is 20. The molecule has 1 aromatic rings. The summed E-state index contributed by atoms with van der Waals surface area (Å²) in [5.41, 5.74) is 0.687. The summed E-state index contributed by atoms with van der Waals surface area (Å²) >= 11 is 0. The molecule has 3 heteroatoms. The summed E-state index contributed by atoms with van der Waals surface area (Å²) in [6.45, 7) is 8.10. The Morgan fingerprint density at radius 2 is 1.39 bits per heavy atom. The molecule has 0 aromatic heterocycles. The van der Waals surface area contributed by atoms with Gasteiger partial charge in [-0.2, -0.15) is 0 Å². The average molecular weight is 432 g/mol. The van der Waals surface area contributed by atoms with Gasteiger partial charge in [0.2, 0.25) is 0 Å². The topological polar surface area (TPSA) is 38.3 Å². The van der Waals surface area contributed by atoms with E-state index in [4.69, 9.17) is 4.74 Å². The van der Waals surface area contributed by atoms with Gasteiger partial charge in [-0.3, -0.25) is 4.79 Å². The third-order valence-corrected chi connectivity index (χ3v) is 5.88. The largest absolute Gasteiger partial charge is 0.494 e. The molecule has 1 amide bonds. The Balaban J connectivity index is 1.97. The van der Waals surface area contributed by atoms with E-state index in [0.717, 1.165) is 25.1 Å². The first-order valence-electron chi connectivity index (χ1n) is 13.1. The number of benzene rings is 1. The predicted octanol–water partition coefficient (Wildman–Crippen LogP) is 8.32. The zero-order chi connectivity index (χ0) is 22.6. The molecule has 0 spiro atoms. The highest BCUT2D eigenvalue weighted by atomic mass is 16.5. The summed E-state index contributed by atoms with van der Waals surface area (Å²) < 4.78 is 5.76. The molecule has 0 aliphatic carbocycles. The fourth-order valence-corrected chi connectivity index (χ4v) is 3.76.